The average Bonchev–Trinajstić information content (AvgIpc) is 3.40. The molecule has 6 nitrogen and oxygen atoms in total. The van der Waals surface area contributed by atoms with Crippen LogP contribution in [0, 0.1) is 11.7 Å². The van der Waals surface area contributed by atoms with Crippen LogP contribution in [0.1, 0.15) is 24.8 Å². The van der Waals surface area contributed by atoms with Crippen molar-refractivity contribution in [2.45, 2.75) is 32.0 Å². The summed E-state index contributed by atoms with van der Waals surface area (Å²) in [5.74, 6) is 3.60. The summed E-state index contributed by atoms with van der Waals surface area (Å²) in [5, 5.41) is 7.40. The zero-order valence-electron chi connectivity index (χ0n) is 21.9. The number of benzene rings is 2. The molecule has 0 saturated carbocycles. The van der Waals surface area contributed by atoms with Crippen LogP contribution in [-0.4, -0.2) is 38.2 Å². The van der Waals surface area contributed by atoms with Crippen LogP contribution in [0.2, 0.25) is 5.02 Å². The quantitative estimate of drug-likeness (QED) is 0.137. The van der Waals surface area contributed by atoms with Gasteiger partial charge >= 0.3 is 0 Å². The fourth-order valence-corrected chi connectivity index (χ4v) is 5.12. The Hall–Kier alpha value is -2.65. The maximum Gasteiger partial charge on any atom is 0.138 e. The second kappa shape index (κ2) is 14.5. The molecule has 4 N–H and O–H groups in total. The number of anilines is 1. The molecule has 2 aliphatic rings. The van der Waals surface area contributed by atoms with E-state index in [1.54, 1.807) is 6.07 Å². The van der Waals surface area contributed by atoms with Gasteiger partial charge in [-0.25, -0.2) is 9.82 Å². The molecule has 4 rings (SSSR count). The van der Waals surface area contributed by atoms with Gasteiger partial charge in [0.05, 0.1) is 11.6 Å². The topological polar surface area (TPSA) is 66.6 Å². The number of ether oxygens (including phenoxy) is 2. The molecule has 0 fully saturated rings. The lowest BCUT2D eigenvalue weighted by molar-refractivity contribution is 0.101. The summed E-state index contributed by atoms with van der Waals surface area (Å²) in [7, 11) is 1.84. The molecule has 0 radical (unpaired) electrons. The molecular formula is C29H36ClFN4O2S. The number of nitrogens with one attached hydrogen (secondary N) is 4. The molecule has 38 heavy (non-hydrogen) atoms. The molecular weight excluding hydrogens is 523 g/mol. The summed E-state index contributed by atoms with van der Waals surface area (Å²) in [5.41, 5.74) is 9.13. The van der Waals surface area contributed by atoms with Crippen LogP contribution in [0.15, 0.2) is 77.8 Å². The van der Waals surface area contributed by atoms with Crippen molar-refractivity contribution < 1.29 is 13.9 Å². The maximum absolute atomic E-state index is 13.4. The number of hydrogen-bond acceptors (Lipinski definition) is 7. The predicted octanol–water partition coefficient (Wildman–Crippen LogP) is 6.00. The monoisotopic (exact) mass is 558 g/mol. The number of halogens is 2. The lowest BCUT2D eigenvalue weighted by Crippen LogP contribution is -2.33. The number of hydrazine groups is 1. The van der Waals surface area contributed by atoms with Crippen molar-refractivity contribution in [3.8, 4) is 5.75 Å². The highest BCUT2D eigenvalue weighted by atomic mass is 35.5. The molecule has 0 bridgehead atoms. The summed E-state index contributed by atoms with van der Waals surface area (Å²) in [6.07, 6.45) is 11.6. The second-order valence-corrected chi connectivity index (χ2v) is 10.7. The van der Waals surface area contributed by atoms with Gasteiger partial charge in [-0.1, -0.05) is 35.9 Å². The van der Waals surface area contributed by atoms with E-state index in [-0.39, 0.29) is 18.5 Å². The second-order valence-electron chi connectivity index (χ2n) is 9.27. The van der Waals surface area contributed by atoms with E-state index in [2.05, 4.69) is 46.0 Å². The minimum atomic E-state index is -0.288. The van der Waals surface area contributed by atoms with Crippen LogP contribution in [0.4, 0.5) is 10.1 Å². The molecule has 2 unspecified atom stereocenters. The molecule has 9 heteroatoms. The number of allylic oxidation sites excluding steroid dienone is 2. The molecule has 0 saturated heterocycles. The molecule has 204 valence electrons. The Morgan fingerprint density at radius 1 is 1.24 bits per heavy atom. The summed E-state index contributed by atoms with van der Waals surface area (Å²) < 4.78 is 25.5. The number of hydrogen-bond donors (Lipinski definition) is 4. The van der Waals surface area contributed by atoms with Crippen molar-refractivity contribution in [2.75, 3.05) is 37.5 Å². The van der Waals surface area contributed by atoms with Gasteiger partial charge in [-0.2, -0.15) is 11.8 Å². The standard InChI is InChI=1S/C29H36ClFN4O2S/c1-32-35-29(22-7-4-6-21(16-22)27-12-10-25(37-27)18-33-13-14-38-2)34-24-9-11-28(26(30)17-24)36-19-20-5-3-8-23(31)15-20/h3-6,8-11,15,17,21,27,32-35H,7,12-14,16,18-19H2,1-2H3/b29-22+. The summed E-state index contributed by atoms with van der Waals surface area (Å²) in [6.45, 7) is 2.01. The number of thioether (sulfide) groups is 1. The third-order valence-corrected chi connectivity index (χ3v) is 7.37. The van der Waals surface area contributed by atoms with Crippen molar-refractivity contribution in [3.63, 3.8) is 0 Å². The van der Waals surface area contributed by atoms with E-state index in [0.717, 1.165) is 60.9 Å². The molecule has 0 aromatic heterocycles. The minimum absolute atomic E-state index is 0.152. The van der Waals surface area contributed by atoms with Crippen LogP contribution in [0.3, 0.4) is 0 Å². The van der Waals surface area contributed by atoms with E-state index >= 15 is 0 Å². The maximum atomic E-state index is 13.4. The molecule has 1 aliphatic carbocycles. The molecule has 1 heterocycles. The van der Waals surface area contributed by atoms with Gasteiger partial charge in [0.25, 0.3) is 0 Å². The first kappa shape index (κ1) is 28.4. The lowest BCUT2D eigenvalue weighted by atomic mass is 9.86. The predicted molar refractivity (Wildman–Crippen MR) is 156 cm³/mol. The van der Waals surface area contributed by atoms with E-state index in [1.807, 2.05) is 43.1 Å². The third kappa shape index (κ3) is 8.17. The highest BCUT2D eigenvalue weighted by Crippen LogP contribution is 2.34. The average molecular weight is 559 g/mol. The Morgan fingerprint density at radius 2 is 2.13 bits per heavy atom. The van der Waals surface area contributed by atoms with Crippen LogP contribution in [0.25, 0.3) is 0 Å². The van der Waals surface area contributed by atoms with E-state index in [4.69, 9.17) is 21.1 Å². The van der Waals surface area contributed by atoms with Gasteiger partial charge in [0, 0.05) is 37.4 Å². The summed E-state index contributed by atoms with van der Waals surface area (Å²) >= 11 is 8.36. The van der Waals surface area contributed by atoms with Gasteiger partial charge in [0.2, 0.25) is 0 Å². The summed E-state index contributed by atoms with van der Waals surface area (Å²) in [6, 6.07) is 11.9. The molecule has 0 spiro atoms. The molecule has 0 amide bonds. The van der Waals surface area contributed by atoms with E-state index < -0.39 is 0 Å². The third-order valence-electron chi connectivity index (χ3n) is 6.46. The van der Waals surface area contributed by atoms with Crippen molar-refractivity contribution in [1.29, 1.82) is 0 Å². The Bertz CT molecular complexity index is 1170. The fraction of sp³-hybridized carbons (Fsp3) is 0.379. The van der Waals surface area contributed by atoms with Crippen LogP contribution < -0.4 is 26.2 Å². The molecule has 1 aliphatic heterocycles. The highest BCUT2D eigenvalue weighted by Gasteiger charge is 2.28. The fourth-order valence-electron chi connectivity index (χ4n) is 4.54. The largest absolute Gasteiger partial charge is 0.493 e. The first-order valence-corrected chi connectivity index (χ1v) is 14.6. The van der Waals surface area contributed by atoms with Crippen molar-refractivity contribution in [3.05, 3.63) is 94.2 Å². The molecule has 2 atom stereocenters. The summed E-state index contributed by atoms with van der Waals surface area (Å²) in [4.78, 5) is 0. The van der Waals surface area contributed by atoms with Crippen LogP contribution in [0.5, 0.6) is 5.75 Å². The van der Waals surface area contributed by atoms with Gasteiger partial charge in [0.15, 0.2) is 0 Å². The smallest absolute Gasteiger partial charge is 0.138 e. The van der Waals surface area contributed by atoms with Gasteiger partial charge < -0.3 is 25.5 Å². The van der Waals surface area contributed by atoms with Crippen molar-refractivity contribution >= 4 is 29.1 Å². The molecule has 2 aromatic carbocycles. The Kier molecular flexibility index (Phi) is 10.8. The minimum Gasteiger partial charge on any atom is -0.493 e. The van der Waals surface area contributed by atoms with Crippen molar-refractivity contribution in [1.82, 2.24) is 16.2 Å². The van der Waals surface area contributed by atoms with Gasteiger partial charge in [-0.05, 0) is 66.6 Å². The highest BCUT2D eigenvalue weighted by molar-refractivity contribution is 7.98. The molecule has 2 aromatic rings. The Labute approximate surface area is 234 Å². The van der Waals surface area contributed by atoms with E-state index in [1.165, 1.54) is 17.7 Å². The van der Waals surface area contributed by atoms with E-state index in [9.17, 15) is 4.39 Å². The normalized spacial score (nSPS) is 20.1. The Balaban J connectivity index is 1.36. The Morgan fingerprint density at radius 3 is 2.92 bits per heavy atom. The lowest BCUT2D eigenvalue weighted by Gasteiger charge is -2.28. The van der Waals surface area contributed by atoms with Gasteiger partial charge in [0.1, 0.15) is 35.9 Å². The van der Waals surface area contributed by atoms with Crippen LogP contribution >= 0.6 is 23.4 Å². The zero-order valence-corrected chi connectivity index (χ0v) is 23.4. The zero-order chi connectivity index (χ0) is 26.7. The van der Waals surface area contributed by atoms with Crippen molar-refractivity contribution in [2.24, 2.45) is 5.92 Å². The first-order chi connectivity index (χ1) is 18.6. The SMILES string of the molecule is CNN/C(Nc1ccc(OCc2cccc(F)c2)c(Cl)c1)=C1\CC=CC(C2CC=C(CNCCSC)O2)C1. The van der Waals surface area contributed by atoms with E-state index in [0.29, 0.717) is 16.7 Å². The first-order valence-electron chi connectivity index (χ1n) is 12.9. The number of rotatable bonds is 13. The van der Waals surface area contributed by atoms with Crippen LogP contribution in [-0.2, 0) is 11.3 Å². The van der Waals surface area contributed by atoms with Gasteiger partial charge in [-0.3, -0.25) is 0 Å². The van der Waals surface area contributed by atoms with Gasteiger partial charge in [-0.15, -0.1) is 0 Å².